The second-order valence-corrected chi connectivity index (χ2v) is 7.54. The molecule has 0 aliphatic heterocycles. The topological polar surface area (TPSA) is 89.3 Å². The van der Waals surface area contributed by atoms with Crippen LogP contribution in [0.2, 0.25) is 0 Å². The summed E-state index contributed by atoms with van der Waals surface area (Å²) < 4.78 is 27.2. The molecule has 0 spiro atoms. The quantitative estimate of drug-likeness (QED) is 0.641. The minimum atomic E-state index is -3.63. The Morgan fingerprint density at radius 2 is 2.10 bits per heavy atom. The maximum absolute atomic E-state index is 12.0. The van der Waals surface area contributed by atoms with Crippen molar-refractivity contribution in [3.05, 3.63) is 55.9 Å². The molecule has 0 aliphatic rings. The Kier molecular flexibility index (Phi) is 4.53. The van der Waals surface area contributed by atoms with Gasteiger partial charge in [0.05, 0.1) is 4.92 Å². The summed E-state index contributed by atoms with van der Waals surface area (Å²) in [6.45, 7) is -0.00560. The van der Waals surface area contributed by atoms with Crippen molar-refractivity contribution >= 4 is 43.0 Å². The minimum Gasteiger partial charge on any atom is -0.258 e. The standard InChI is InChI=1S/C11H9BrN2O4S2/c12-10-4-5-19-11(10)20(17,18)13-7-8-2-1-3-9(6-8)14(15)16/h1-6,13H,7H2. The van der Waals surface area contributed by atoms with Crippen LogP contribution in [0.4, 0.5) is 5.69 Å². The third-order valence-electron chi connectivity index (χ3n) is 2.42. The number of benzene rings is 1. The second kappa shape index (κ2) is 6.00. The Bertz CT molecular complexity index is 742. The monoisotopic (exact) mass is 376 g/mol. The van der Waals surface area contributed by atoms with E-state index in [0.717, 1.165) is 11.3 Å². The van der Waals surface area contributed by atoms with Gasteiger partial charge in [-0.3, -0.25) is 10.1 Å². The van der Waals surface area contributed by atoms with Crippen molar-refractivity contribution in [3.63, 3.8) is 0 Å². The Morgan fingerprint density at radius 1 is 1.35 bits per heavy atom. The zero-order chi connectivity index (χ0) is 14.8. The van der Waals surface area contributed by atoms with Gasteiger partial charge < -0.3 is 0 Å². The fourth-order valence-electron chi connectivity index (χ4n) is 1.50. The molecule has 0 aliphatic carbocycles. The molecule has 6 nitrogen and oxygen atoms in total. The molecular formula is C11H9BrN2O4S2. The highest BCUT2D eigenvalue weighted by molar-refractivity contribution is 9.10. The molecular weight excluding hydrogens is 368 g/mol. The lowest BCUT2D eigenvalue weighted by atomic mass is 10.2. The van der Waals surface area contributed by atoms with Crippen molar-refractivity contribution in [2.45, 2.75) is 10.8 Å². The van der Waals surface area contributed by atoms with Gasteiger partial charge in [0.25, 0.3) is 15.7 Å². The first kappa shape index (κ1) is 15.1. The van der Waals surface area contributed by atoms with Crippen LogP contribution in [-0.2, 0) is 16.6 Å². The molecule has 0 fully saturated rings. The molecule has 1 aromatic heterocycles. The fraction of sp³-hybridized carbons (Fsp3) is 0.0909. The number of thiophene rings is 1. The van der Waals surface area contributed by atoms with Crippen molar-refractivity contribution in [2.24, 2.45) is 0 Å². The summed E-state index contributed by atoms with van der Waals surface area (Å²) in [6, 6.07) is 7.48. The normalized spacial score (nSPS) is 11.4. The van der Waals surface area contributed by atoms with Crippen LogP contribution < -0.4 is 4.72 Å². The zero-order valence-electron chi connectivity index (χ0n) is 9.95. The lowest BCUT2D eigenvalue weighted by Crippen LogP contribution is -2.22. The van der Waals surface area contributed by atoms with E-state index < -0.39 is 14.9 Å². The van der Waals surface area contributed by atoms with Crippen LogP contribution in [0.1, 0.15) is 5.56 Å². The number of halogens is 1. The van der Waals surface area contributed by atoms with Crippen molar-refractivity contribution in [1.29, 1.82) is 0 Å². The van der Waals surface area contributed by atoms with Crippen LogP contribution >= 0.6 is 27.3 Å². The van der Waals surface area contributed by atoms with Crippen LogP contribution in [0.5, 0.6) is 0 Å². The van der Waals surface area contributed by atoms with E-state index in [1.807, 2.05) is 0 Å². The molecule has 9 heteroatoms. The van der Waals surface area contributed by atoms with E-state index in [0.29, 0.717) is 10.0 Å². The number of sulfonamides is 1. The number of hydrogen-bond donors (Lipinski definition) is 1. The van der Waals surface area contributed by atoms with Gasteiger partial charge in [-0.15, -0.1) is 11.3 Å². The van der Waals surface area contributed by atoms with Gasteiger partial charge in [-0.05, 0) is 32.9 Å². The maximum Gasteiger partial charge on any atom is 0.269 e. The lowest BCUT2D eigenvalue weighted by Gasteiger charge is -2.05. The molecule has 106 valence electrons. The molecule has 0 amide bonds. The predicted octanol–water partition coefficient (Wildman–Crippen LogP) is 2.90. The molecule has 2 aromatic rings. The average Bonchev–Trinajstić information content (AvgIpc) is 2.84. The van der Waals surface area contributed by atoms with Gasteiger partial charge in [0.2, 0.25) is 0 Å². The summed E-state index contributed by atoms with van der Waals surface area (Å²) in [4.78, 5) is 10.1. The summed E-state index contributed by atoms with van der Waals surface area (Å²) in [5.41, 5.74) is 0.453. The molecule has 0 saturated carbocycles. The van der Waals surface area contributed by atoms with E-state index in [1.165, 1.54) is 18.2 Å². The van der Waals surface area contributed by atoms with E-state index in [4.69, 9.17) is 0 Å². The van der Waals surface area contributed by atoms with Gasteiger partial charge in [-0.2, -0.15) is 0 Å². The molecule has 1 N–H and O–H groups in total. The Labute approximate surface area is 127 Å². The molecule has 0 saturated heterocycles. The number of hydrogen-bond acceptors (Lipinski definition) is 5. The third-order valence-corrected chi connectivity index (χ3v) is 6.49. The smallest absolute Gasteiger partial charge is 0.258 e. The molecule has 1 aromatic carbocycles. The van der Waals surface area contributed by atoms with Gasteiger partial charge in [-0.25, -0.2) is 13.1 Å². The molecule has 0 bridgehead atoms. The van der Waals surface area contributed by atoms with Gasteiger partial charge in [-0.1, -0.05) is 12.1 Å². The van der Waals surface area contributed by atoms with Crippen molar-refractivity contribution in [3.8, 4) is 0 Å². The summed E-state index contributed by atoms with van der Waals surface area (Å²) in [7, 11) is -3.63. The molecule has 2 rings (SSSR count). The van der Waals surface area contributed by atoms with E-state index in [1.54, 1.807) is 17.5 Å². The summed E-state index contributed by atoms with van der Waals surface area (Å²) in [5, 5.41) is 12.3. The third kappa shape index (κ3) is 3.42. The SMILES string of the molecule is O=[N+]([O-])c1cccc(CNS(=O)(=O)c2sccc2Br)c1. The average molecular weight is 377 g/mol. The van der Waals surface area contributed by atoms with E-state index in [9.17, 15) is 18.5 Å². The van der Waals surface area contributed by atoms with E-state index in [2.05, 4.69) is 20.7 Å². The van der Waals surface area contributed by atoms with Gasteiger partial charge in [0.15, 0.2) is 0 Å². The van der Waals surface area contributed by atoms with Crippen LogP contribution in [0.15, 0.2) is 44.4 Å². The molecule has 0 unspecified atom stereocenters. The van der Waals surface area contributed by atoms with E-state index >= 15 is 0 Å². The highest BCUT2D eigenvalue weighted by Gasteiger charge is 2.19. The molecule has 1 heterocycles. The van der Waals surface area contributed by atoms with Crippen LogP contribution in [-0.4, -0.2) is 13.3 Å². The van der Waals surface area contributed by atoms with Crippen molar-refractivity contribution in [1.82, 2.24) is 4.72 Å². The first-order valence-electron chi connectivity index (χ1n) is 5.36. The van der Waals surface area contributed by atoms with Crippen LogP contribution in [0.25, 0.3) is 0 Å². The number of nitro benzene ring substituents is 1. The Balaban J connectivity index is 2.15. The Morgan fingerprint density at radius 3 is 2.70 bits per heavy atom. The largest absolute Gasteiger partial charge is 0.269 e. The maximum atomic E-state index is 12.0. The molecule has 0 radical (unpaired) electrons. The fourth-order valence-corrected chi connectivity index (χ4v) is 4.89. The first-order valence-corrected chi connectivity index (χ1v) is 8.52. The van der Waals surface area contributed by atoms with Crippen LogP contribution in [0, 0.1) is 10.1 Å². The number of nitrogens with one attached hydrogen (secondary N) is 1. The number of nitrogens with zero attached hydrogens (tertiary/aromatic N) is 1. The van der Waals surface area contributed by atoms with Crippen LogP contribution in [0.3, 0.4) is 0 Å². The lowest BCUT2D eigenvalue weighted by molar-refractivity contribution is -0.384. The molecule has 20 heavy (non-hydrogen) atoms. The first-order chi connectivity index (χ1) is 9.40. The highest BCUT2D eigenvalue weighted by Crippen LogP contribution is 2.27. The summed E-state index contributed by atoms with van der Waals surface area (Å²) in [6.07, 6.45) is 0. The molecule has 0 atom stereocenters. The number of rotatable bonds is 5. The van der Waals surface area contributed by atoms with Gasteiger partial charge in [0.1, 0.15) is 4.21 Å². The number of nitro groups is 1. The highest BCUT2D eigenvalue weighted by atomic mass is 79.9. The Hall–Kier alpha value is -1.29. The number of non-ortho nitro benzene ring substituents is 1. The van der Waals surface area contributed by atoms with Gasteiger partial charge in [0, 0.05) is 23.2 Å². The second-order valence-electron chi connectivity index (χ2n) is 3.81. The van der Waals surface area contributed by atoms with Crippen molar-refractivity contribution in [2.75, 3.05) is 0 Å². The van der Waals surface area contributed by atoms with Crippen molar-refractivity contribution < 1.29 is 13.3 Å². The van der Waals surface area contributed by atoms with Gasteiger partial charge >= 0.3 is 0 Å². The zero-order valence-corrected chi connectivity index (χ0v) is 13.2. The minimum absolute atomic E-state index is 0.00560. The summed E-state index contributed by atoms with van der Waals surface area (Å²) >= 11 is 4.26. The van der Waals surface area contributed by atoms with E-state index in [-0.39, 0.29) is 16.4 Å². The predicted molar refractivity (Wildman–Crippen MR) is 79.1 cm³/mol. The summed E-state index contributed by atoms with van der Waals surface area (Å²) in [5.74, 6) is 0.